The summed E-state index contributed by atoms with van der Waals surface area (Å²) in [6, 6.07) is 14.5. The maximum atomic E-state index is 14.1. The molecule has 0 bridgehead atoms. The fourth-order valence-electron chi connectivity index (χ4n) is 5.13. The van der Waals surface area contributed by atoms with Crippen LogP contribution in [0.2, 0.25) is 0 Å². The van der Waals surface area contributed by atoms with Gasteiger partial charge in [-0.3, -0.25) is 14.3 Å². The van der Waals surface area contributed by atoms with Gasteiger partial charge in [-0.15, -0.1) is 0 Å². The van der Waals surface area contributed by atoms with Crippen molar-refractivity contribution in [1.82, 2.24) is 14.5 Å². The highest BCUT2D eigenvalue weighted by molar-refractivity contribution is 5.65. The lowest BCUT2D eigenvalue weighted by molar-refractivity contribution is 0.367. The number of aromatic hydroxyl groups is 1. The summed E-state index contributed by atoms with van der Waals surface area (Å²) in [6.45, 7) is 3.84. The third-order valence-electron chi connectivity index (χ3n) is 7.36. The first-order valence-electron chi connectivity index (χ1n) is 13.1. The SMILES string of the molecule is CC[C@@H](c1cc(F)cc(F)c1)n1c(CCC2CC2)nc(=O)c(Cc2ccc(-c3cccnc3C)cc2)c1O. The molecule has 4 aromatic rings. The van der Waals surface area contributed by atoms with Crippen LogP contribution in [0.4, 0.5) is 8.78 Å². The van der Waals surface area contributed by atoms with Crippen molar-refractivity contribution in [2.45, 2.75) is 58.4 Å². The molecule has 196 valence electrons. The fourth-order valence-corrected chi connectivity index (χ4v) is 5.13. The van der Waals surface area contributed by atoms with Gasteiger partial charge in [0.2, 0.25) is 5.88 Å². The highest BCUT2D eigenvalue weighted by Gasteiger charge is 2.27. The lowest BCUT2D eigenvalue weighted by atomic mass is 9.99. The van der Waals surface area contributed by atoms with Crippen molar-refractivity contribution in [2.24, 2.45) is 5.92 Å². The van der Waals surface area contributed by atoms with Crippen LogP contribution in [-0.4, -0.2) is 19.6 Å². The van der Waals surface area contributed by atoms with Gasteiger partial charge in [-0.2, -0.15) is 4.98 Å². The second-order valence-corrected chi connectivity index (χ2v) is 10.1. The average Bonchev–Trinajstić information content (AvgIpc) is 3.72. The Kier molecular flexibility index (Phi) is 7.36. The number of pyridine rings is 1. The van der Waals surface area contributed by atoms with E-state index < -0.39 is 23.2 Å². The molecule has 1 aliphatic carbocycles. The minimum absolute atomic E-state index is 0.167. The zero-order valence-electron chi connectivity index (χ0n) is 21.6. The number of aryl methyl sites for hydroxylation is 2. The van der Waals surface area contributed by atoms with Crippen LogP contribution in [0.5, 0.6) is 5.88 Å². The van der Waals surface area contributed by atoms with Crippen LogP contribution in [0.1, 0.15) is 66.9 Å². The van der Waals surface area contributed by atoms with Crippen molar-refractivity contribution in [2.75, 3.05) is 0 Å². The van der Waals surface area contributed by atoms with Gasteiger partial charge in [0.05, 0.1) is 11.6 Å². The smallest absolute Gasteiger partial charge is 0.280 e. The Morgan fingerprint density at radius 3 is 2.42 bits per heavy atom. The lowest BCUT2D eigenvalue weighted by Gasteiger charge is -2.25. The quantitative estimate of drug-likeness (QED) is 0.275. The summed E-state index contributed by atoms with van der Waals surface area (Å²) >= 11 is 0. The molecule has 1 atom stereocenters. The van der Waals surface area contributed by atoms with E-state index in [-0.39, 0.29) is 17.9 Å². The van der Waals surface area contributed by atoms with Crippen LogP contribution in [0.3, 0.4) is 0 Å². The van der Waals surface area contributed by atoms with Gasteiger partial charge in [-0.05, 0) is 60.6 Å². The van der Waals surface area contributed by atoms with Crippen LogP contribution >= 0.6 is 0 Å². The summed E-state index contributed by atoms with van der Waals surface area (Å²) in [4.78, 5) is 21.9. The number of nitrogens with zero attached hydrogens (tertiary/aromatic N) is 3. The molecule has 7 heteroatoms. The molecule has 5 nitrogen and oxygen atoms in total. The number of benzene rings is 2. The van der Waals surface area contributed by atoms with Crippen molar-refractivity contribution >= 4 is 0 Å². The summed E-state index contributed by atoms with van der Waals surface area (Å²) in [6.07, 6.45) is 6.06. The molecule has 38 heavy (non-hydrogen) atoms. The van der Waals surface area contributed by atoms with Gasteiger partial charge in [0.25, 0.3) is 5.56 Å². The maximum absolute atomic E-state index is 14.1. The van der Waals surface area contributed by atoms with E-state index in [2.05, 4.69) is 9.97 Å². The minimum Gasteiger partial charge on any atom is -0.494 e. The molecular formula is C31H31F2N3O2. The van der Waals surface area contributed by atoms with Crippen molar-refractivity contribution in [3.63, 3.8) is 0 Å². The van der Waals surface area contributed by atoms with E-state index in [1.807, 2.05) is 50.2 Å². The molecule has 0 amide bonds. The highest BCUT2D eigenvalue weighted by Crippen LogP contribution is 2.35. The van der Waals surface area contributed by atoms with Crippen LogP contribution < -0.4 is 5.56 Å². The third kappa shape index (κ3) is 5.52. The third-order valence-corrected chi connectivity index (χ3v) is 7.36. The van der Waals surface area contributed by atoms with E-state index in [1.54, 1.807) is 10.8 Å². The second-order valence-electron chi connectivity index (χ2n) is 10.1. The van der Waals surface area contributed by atoms with Gasteiger partial charge in [0.1, 0.15) is 17.5 Å². The molecule has 5 rings (SSSR count). The van der Waals surface area contributed by atoms with E-state index in [0.717, 1.165) is 47.7 Å². The number of aromatic nitrogens is 3. The largest absolute Gasteiger partial charge is 0.494 e. The molecule has 1 fully saturated rings. The molecule has 0 unspecified atom stereocenters. The van der Waals surface area contributed by atoms with E-state index in [4.69, 9.17) is 0 Å². The Labute approximate surface area is 220 Å². The van der Waals surface area contributed by atoms with Gasteiger partial charge in [0, 0.05) is 36.4 Å². The summed E-state index contributed by atoms with van der Waals surface area (Å²) < 4.78 is 29.9. The molecule has 1 N–H and O–H groups in total. The minimum atomic E-state index is -0.685. The molecule has 2 aromatic carbocycles. The van der Waals surface area contributed by atoms with Crippen molar-refractivity contribution in [3.8, 4) is 17.0 Å². The zero-order chi connectivity index (χ0) is 26.8. The highest BCUT2D eigenvalue weighted by atomic mass is 19.1. The van der Waals surface area contributed by atoms with Gasteiger partial charge in [-0.25, -0.2) is 8.78 Å². The Morgan fingerprint density at radius 1 is 1.08 bits per heavy atom. The maximum Gasteiger partial charge on any atom is 0.280 e. The van der Waals surface area contributed by atoms with E-state index in [0.29, 0.717) is 30.1 Å². The molecular weight excluding hydrogens is 484 g/mol. The molecule has 2 aromatic heterocycles. The summed E-state index contributed by atoms with van der Waals surface area (Å²) in [5, 5.41) is 11.5. The second kappa shape index (κ2) is 10.9. The summed E-state index contributed by atoms with van der Waals surface area (Å²) in [7, 11) is 0. The standard InChI is InChI=1S/C31H31F2N3O2/c1-3-28(23-16-24(32)18-25(33)17-23)36-29(13-10-20-6-7-20)35-30(37)27(31(36)38)15-21-8-11-22(12-9-21)26-5-4-14-34-19(26)2/h4-5,8-9,11-12,14,16-18,20,28,38H,3,6-7,10,13,15H2,1-2H3/t28-/m0/s1. The molecule has 1 saturated carbocycles. The first-order chi connectivity index (χ1) is 18.3. The lowest BCUT2D eigenvalue weighted by Crippen LogP contribution is -2.26. The Hall–Kier alpha value is -3.87. The predicted molar refractivity (Wildman–Crippen MR) is 143 cm³/mol. The van der Waals surface area contributed by atoms with Crippen molar-refractivity contribution < 1.29 is 13.9 Å². The van der Waals surface area contributed by atoms with Gasteiger partial charge < -0.3 is 5.11 Å². The number of rotatable bonds is 9. The van der Waals surface area contributed by atoms with Crippen LogP contribution in [0, 0.1) is 24.5 Å². The number of halogens is 2. The van der Waals surface area contributed by atoms with Gasteiger partial charge in [0.15, 0.2) is 0 Å². The average molecular weight is 516 g/mol. The molecule has 2 heterocycles. The summed E-state index contributed by atoms with van der Waals surface area (Å²) in [5.74, 6) is -0.524. The van der Waals surface area contributed by atoms with Crippen molar-refractivity contribution in [3.05, 3.63) is 111 Å². The zero-order valence-corrected chi connectivity index (χ0v) is 21.6. The van der Waals surface area contributed by atoms with E-state index in [9.17, 15) is 18.7 Å². The van der Waals surface area contributed by atoms with E-state index >= 15 is 0 Å². The number of hydrogen-bond donors (Lipinski definition) is 1. The van der Waals surface area contributed by atoms with Crippen LogP contribution in [-0.2, 0) is 12.8 Å². The summed E-state index contributed by atoms with van der Waals surface area (Å²) in [5.41, 5.74) is 3.88. The topological polar surface area (TPSA) is 68.0 Å². The molecule has 1 aliphatic rings. The molecule has 0 saturated heterocycles. The Balaban J connectivity index is 1.53. The predicted octanol–water partition coefficient (Wildman–Crippen LogP) is 6.53. The first-order valence-corrected chi connectivity index (χ1v) is 13.1. The van der Waals surface area contributed by atoms with Crippen LogP contribution in [0.25, 0.3) is 11.1 Å². The van der Waals surface area contributed by atoms with Crippen molar-refractivity contribution in [1.29, 1.82) is 0 Å². The Bertz CT molecular complexity index is 1490. The fraction of sp³-hybridized carbons (Fsp3) is 0.323. The molecule has 0 aliphatic heterocycles. The molecule has 0 radical (unpaired) electrons. The van der Waals surface area contributed by atoms with Gasteiger partial charge >= 0.3 is 0 Å². The number of hydrogen-bond acceptors (Lipinski definition) is 4. The van der Waals surface area contributed by atoms with Gasteiger partial charge in [-0.1, -0.05) is 50.1 Å². The monoisotopic (exact) mass is 515 g/mol. The first kappa shape index (κ1) is 25.8. The normalized spacial score (nSPS) is 14.0. The molecule has 0 spiro atoms. The van der Waals surface area contributed by atoms with Crippen LogP contribution in [0.15, 0.2) is 65.6 Å². The van der Waals surface area contributed by atoms with E-state index in [1.165, 1.54) is 12.1 Å². The Morgan fingerprint density at radius 2 is 1.79 bits per heavy atom.